The van der Waals surface area contributed by atoms with Gasteiger partial charge in [0.1, 0.15) is 30.1 Å². The van der Waals surface area contributed by atoms with E-state index in [-0.39, 0.29) is 12.6 Å². The zero-order chi connectivity index (χ0) is 27.8. The van der Waals surface area contributed by atoms with E-state index in [4.69, 9.17) is 30.8 Å². The third-order valence-corrected chi connectivity index (χ3v) is 8.08. The summed E-state index contributed by atoms with van der Waals surface area (Å²) in [5.74, 6) is 2.60. The smallest absolute Gasteiger partial charge is 0.163 e. The van der Waals surface area contributed by atoms with E-state index in [0.29, 0.717) is 46.9 Å². The Hall–Kier alpha value is -2.75. The highest BCUT2D eigenvalue weighted by Gasteiger charge is 2.44. The van der Waals surface area contributed by atoms with E-state index in [0.717, 1.165) is 54.3 Å². The molecule has 2 bridgehead atoms. The maximum atomic E-state index is 13.8. The monoisotopic (exact) mass is 557 g/mol. The van der Waals surface area contributed by atoms with Crippen molar-refractivity contribution >= 4 is 17.4 Å². The lowest BCUT2D eigenvalue weighted by atomic mass is 10.0. The Bertz CT molecular complexity index is 1310. The number of halogens is 2. The van der Waals surface area contributed by atoms with Crippen LogP contribution in [0.5, 0.6) is 5.75 Å². The molecule has 0 saturated carbocycles. The molecule has 2 aliphatic rings. The predicted molar refractivity (Wildman–Crippen MR) is 150 cm³/mol. The fraction of sp³-hybridized carbons (Fsp3) is 0.552. The number of fused-ring (bicyclic) bond motifs is 2. The van der Waals surface area contributed by atoms with Crippen LogP contribution in [0.2, 0.25) is 5.02 Å². The number of aromatic nitrogens is 3. The van der Waals surface area contributed by atoms with Crippen LogP contribution < -0.4 is 9.64 Å². The van der Waals surface area contributed by atoms with Crippen molar-refractivity contribution in [2.24, 2.45) is 0 Å². The average molecular weight is 558 g/mol. The molecule has 0 spiro atoms. The van der Waals surface area contributed by atoms with Crippen LogP contribution in [0.1, 0.15) is 50.1 Å². The van der Waals surface area contributed by atoms with Gasteiger partial charge in [-0.05, 0) is 58.7 Å². The molecule has 1 aromatic carbocycles. The second-order valence-electron chi connectivity index (χ2n) is 10.9. The van der Waals surface area contributed by atoms with E-state index >= 15 is 0 Å². The number of ether oxygens (including phenoxy) is 1. The summed E-state index contributed by atoms with van der Waals surface area (Å²) in [4.78, 5) is 14.7. The van der Waals surface area contributed by atoms with E-state index in [9.17, 15) is 9.50 Å². The summed E-state index contributed by atoms with van der Waals surface area (Å²) >= 11 is 6.69. The van der Waals surface area contributed by atoms with Crippen molar-refractivity contribution in [3.63, 3.8) is 0 Å². The molecule has 4 heterocycles. The number of likely N-dealkylation sites (tertiary alicyclic amines) is 1. The Morgan fingerprint density at radius 1 is 1.21 bits per heavy atom. The van der Waals surface area contributed by atoms with Gasteiger partial charge in [-0.2, -0.15) is 0 Å². The zero-order valence-corrected chi connectivity index (χ0v) is 24.0. The van der Waals surface area contributed by atoms with Gasteiger partial charge in [-0.1, -0.05) is 30.1 Å². The minimum Gasteiger partial charge on any atom is -0.491 e. The van der Waals surface area contributed by atoms with Gasteiger partial charge < -0.3 is 19.3 Å². The molecule has 2 aromatic heterocycles. The van der Waals surface area contributed by atoms with Crippen LogP contribution in [0.4, 0.5) is 10.2 Å². The third kappa shape index (κ3) is 5.62. The number of nitrogens with zero attached hydrogens (tertiary/aromatic N) is 5. The highest BCUT2D eigenvalue weighted by atomic mass is 35.5. The van der Waals surface area contributed by atoms with Gasteiger partial charge in [-0.15, -0.1) is 0 Å². The molecule has 1 unspecified atom stereocenters. The number of piperazine rings is 1. The summed E-state index contributed by atoms with van der Waals surface area (Å²) in [6.07, 6.45) is 1.15. The molecular weight excluding hydrogens is 521 g/mol. The first-order valence-electron chi connectivity index (χ1n) is 13.7. The van der Waals surface area contributed by atoms with Gasteiger partial charge in [0.25, 0.3) is 0 Å². The van der Waals surface area contributed by atoms with E-state index in [1.807, 2.05) is 33.8 Å². The van der Waals surface area contributed by atoms with Gasteiger partial charge in [-0.25, -0.2) is 14.4 Å². The molecule has 3 aromatic rings. The lowest BCUT2D eigenvalue weighted by Crippen LogP contribution is -2.48. The number of aliphatic hydroxyl groups excluding tert-OH is 1. The molecule has 0 aliphatic carbocycles. The van der Waals surface area contributed by atoms with Gasteiger partial charge >= 0.3 is 0 Å². The first-order chi connectivity index (χ1) is 18.7. The molecular formula is C29H37ClFN5O3. The van der Waals surface area contributed by atoms with Crippen LogP contribution in [-0.2, 0) is 0 Å². The van der Waals surface area contributed by atoms with Crippen LogP contribution in [0.25, 0.3) is 22.6 Å². The molecule has 10 heteroatoms. The Morgan fingerprint density at radius 3 is 2.64 bits per heavy atom. The second kappa shape index (κ2) is 11.4. The van der Waals surface area contributed by atoms with Crippen LogP contribution in [0.15, 0.2) is 22.7 Å². The molecule has 5 rings (SSSR count). The topological polar surface area (TPSA) is 87.7 Å². The summed E-state index contributed by atoms with van der Waals surface area (Å²) < 4.78 is 25.1. The summed E-state index contributed by atoms with van der Waals surface area (Å²) in [6, 6.07) is 5.92. The molecule has 1 N–H and O–H groups in total. The first-order valence-corrected chi connectivity index (χ1v) is 14.1. The number of rotatable bonds is 10. The third-order valence-electron chi connectivity index (χ3n) is 7.75. The number of alkyl halides is 1. The van der Waals surface area contributed by atoms with Crippen LogP contribution >= 0.6 is 11.6 Å². The van der Waals surface area contributed by atoms with Crippen molar-refractivity contribution in [2.75, 3.05) is 31.1 Å². The van der Waals surface area contributed by atoms with Crippen molar-refractivity contribution in [1.29, 1.82) is 0 Å². The van der Waals surface area contributed by atoms with Gasteiger partial charge in [0, 0.05) is 42.8 Å². The maximum absolute atomic E-state index is 13.8. The average Bonchev–Trinajstić information content (AvgIpc) is 3.58. The Morgan fingerprint density at radius 2 is 2.00 bits per heavy atom. The number of benzene rings is 1. The summed E-state index contributed by atoms with van der Waals surface area (Å²) in [5.41, 5.74) is 3.94. The Kier molecular flexibility index (Phi) is 8.12. The molecule has 0 radical (unpaired) electrons. The second-order valence-corrected chi connectivity index (χ2v) is 11.3. The van der Waals surface area contributed by atoms with Gasteiger partial charge in [-0.3, -0.25) is 4.90 Å². The summed E-state index contributed by atoms with van der Waals surface area (Å²) in [7, 11) is 0. The van der Waals surface area contributed by atoms with Crippen LogP contribution in [0.3, 0.4) is 0 Å². The quantitative estimate of drug-likeness (QED) is 0.348. The van der Waals surface area contributed by atoms with Crippen molar-refractivity contribution in [2.45, 2.75) is 78.2 Å². The number of aryl methyl sites for hydroxylation is 2. The molecule has 210 valence electrons. The normalized spacial score (nSPS) is 20.6. The van der Waals surface area contributed by atoms with Gasteiger partial charge in [0.15, 0.2) is 5.82 Å². The number of hydrogen-bond acceptors (Lipinski definition) is 8. The summed E-state index contributed by atoms with van der Waals surface area (Å²) in [5, 5.41) is 14.8. The van der Waals surface area contributed by atoms with Crippen LogP contribution in [0, 0.1) is 20.8 Å². The predicted octanol–water partition coefficient (Wildman–Crippen LogP) is 5.54. The first kappa shape index (κ1) is 27.8. The van der Waals surface area contributed by atoms with Crippen molar-refractivity contribution in [3.8, 4) is 28.4 Å². The maximum Gasteiger partial charge on any atom is 0.163 e. The zero-order valence-electron chi connectivity index (χ0n) is 23.2. The molecule has 4 atom stereocenters. The standard InChI is InChI=1S/C29H37ClFN5O3/c1-6-7-22(37)15-38-23-8-9-25(30)24(11-23)28-32-27(26-18(4)34-39-19(26)5)17(3)29(33-28)36-14-20-10-21(36)13-35(20)12-16(2)31/h8-9,11,16,20-22,37H,6-7,10,12-15H2,1-5H3/t16?,20-,21-,22+/m0/s1. The van der Waals surface area contributed by atoms with Crippen molar-refractivity contribution < 1.29 is 18.8 Å². The van der Waals surface area contributed by atoms with Gasteiger partial charge in [0.2, 0.25) is 0 Å². The SMILES string of the molecule is CCC[C@@H](O)COc1ccc(Cl)c(-c2nc(-c3c(C)noc3C)c(C)c(N3C[C@@H]4C[C@H]3CN4CC(C)F)n2)c1. The molecule has 0 amide bonds. The highest BCUT2D eigenvalue weighted by molar-refractivity contribution is 6.33. The molecule has 8 nitrogen and oxygen atoms in total. The Labute approximate surface area is 234 Å². The molecule has 2 saturated heterocycles. The highest BCUT2D eigenvalue weighted by Crippen LogP contribution is 2.41. The van der Waals surface area contributed by atoms with E-state index in [1.54, 1.807) is 19.1 Å². The lowest BCUT2D eigenvalue weighted by Gasteiger charge is -2.36. The van der Waals surface area contributed by atoms with E-state index < -0.39 is 12.3 Å². The number of aliphatic hydroxyl groups is 1. The fourth-order valence-corrected chi connectivity index (χ4v) is 6.10. The lowest BCUT2D eigenvalue weighted by molar-refractivity contribution is 0.0994. The molecule has 2 aliphatic heterocycles. The van der Waals surface area contributed by atoms with Gasteiger partial charge in [0.05, 0.1) is 28.1 Å². The van der Waals surface area contributed by atoms with Crippen molar-refractivity contribution in [3.05, 3.63) is 40.2 Å². The molecule has 2 fully saturated rings. The fourth-order valence-electron chi connectivity index (χ4n) is 5.90. The minimum atomic E-state index is -0.851. The molecule has 39 heavy (non-hydrogen) atoms. The van der Waals surface area contributed by atoms with Crippen LogP contribution in [-0.4, -0.2) is 75.7 Å². The Balaban J connectivity index is 1.55. The van der Waals surface area contributed by atoms with E-state index in [1.165, 1.54) is 0 Å². The van der Waals surface area contributed by atoms with E-state index in [2.05, 4.69) is 15.0 Å². The number of hydrogen-bond donors (Lipinski definition) is 1. The minimum absolute atomic E-state index is 0.199. The number of anilines is 1. The summed E-state index contributed by atoms with van der Waals surface area (Å²) in [6.45, 7) is 11.7. The van der Waals surface area contributed by atoms with Crippen molar-refractivity contribution in [1.82, 2.24) is 20.0 Å². The largest absolute Gasteiger partial charge is 0.491 e.